The van der Waals surface area contributed by atoms with E-state index in [2.05, 4.69) is 29.9 Å². The quantitative estimate of drug-likeness (QED) is 0.638. The molecule has 2 heterocycles. The molecule has 2 atom stereocenters. The lowest BCUT2D eigenvalue weighted by Crippen LogP contribution is -2.25. The number of thioether (sulfide) groups is 2. The summed E-state index contributed by atoms with van der Waals surface area (Å²) in [6.07, 6.45) is 9.14. The summed E-state index contributed by atoms with van der Waals surface area (Å²) in [5, 5.41) is 0.784. The lowest BCUT2D eigenvalue weighted by molar-refractivity contribution is 0.514. The van der Waals surface area contributed by atoms with E-state index in [1.165, 1.54) is 42.9 Å². The Morgan fingerprint density at radius 3 is 2.83 bits per heavy atom. The van der Waals surface area contributed by atoms with Crippen LogP contribution in [0.2, 0.25) is 0 Å². The van der Waals surface area contributed by atoms with E-state index in [-0.39, 0.29) is 0 Å². The van der Waals surface area contributed by atoms with Crippen LogP contribution in [0, 0.1) is 12.3 Å². The van der Waals surface area contributed by atoms with Gasteiger partial charge in [-0.3, -0.25) is 0 Å². The Hall–Kier alpha value is 0.700. The second kappa shape index (κ2) is 4.80. The Morgan fingerprint density at radius 1 is 1.17 bits per heavy atom. The molecule has 0 bridgehead atoms. The third-order valence-corrected chi connectivity index (χ3v) is 5.26. The van der Waals surface area contributed by atoms with Gasteiger partial charge in [-0.05, 0) is 55.3 Å². The van der Waals surface area contributed by atoms with Crippen LogP contribution < -0.4 is 0 Å². The first-order valence-corrected chi connectivity index (χ1v) is 7.10. The molecule has 2 radical (unpaired) electrons. The van der Waals surface area contributed by atoms with Crippen molar-refractivity contribution in [3.63, 3.8) is 0 Å². The van der Waals surface area contributed by atoms with Crippen LogP contribution in [0.5, 0.6) is 0 Å². The highest BCUT2D eigenvalue weighted by molar-refractivity contribution is 8.00. The summed E-state index contributed by atoms with van der Waals surface area (Å²) in [5.41, 5.74) is 0. The molecule has 0 N–H and O–H groups in total. The molecule has 0 aromatic carbocycles. The molecular formula is C10H16S2. The van der Waals surface area contributed by atoms with Gasteiger partial charge in [0, 0.05) is 5.25 Å². The van der Waals surface area contributed by atoms with Crippen molar-refractivity contribution in [2.75, 3.05) is 17.3 Å². The largest absolute Gasteiger partial charge is 0.162 e. The van der Waals surface area contributed by atoms with Crippen molar-refractivity contribution in [1.29, 1.82) is 0 Å². The van der Waals surface area contributed by atoms with Gasteiger partial charge < -0.3 is 0 Å². The first kappa shape index (κ1) is 9.26. The minimum atomic E-state index is 0.784. The van der Waals surface area contributed by atoms with Crippen molar-refractivity contribution in [2.45, 2.75) is 30.9 Å². The maximum Gasteiger partial charge on any atom is 0.0151 e. The lowest BCUT2D eigenvalue weighted by atomic mass is 9.97. The highest BCUT2D eigenvalue weighted by Crippen LogP contribution is 2.36. The Kier molecular flexibility index (Phi) is 3.71. The van der Waals surface area contributed by atoms with Crippen LogP contribution in [0.1, 0.15) is 25.7 Å². The first-order chi connectivity index (χ1) is 5.97. The molecule has 0 spiro atoms. The van der Waals surface area contributed by atoms with Crippen LogP contribution in [0.15, 0.2) is 0 Å². The predicted molar refractivity (Wildman–Crippen MR) is 58.8 cm³/mol. The molecule has 2 heteroatoms. The zero-order chi connectivity index (χ0) is 8.23. The summed E-state index contributed by atoms with van der Waals surface area (Å²) >= 11 is 4.29. The Morgan fingerprint density at radius 2 is 2.17 bits per heavy atom. The zero-order valence-corrected chi connectivity index (χ0v) is 9.05. The molecule has 2 aliphatic heterocycles. The molecule has 2 unspecified atom stereocenters. The zero-order valence-electron chi connectivity index (χ0n) is 7.42. The molecule has 2 aliphatic rings. The van der Waals surface area contributed by atoms with E-state index in [1.807, 2.05) is 0 Å². The van der Waals surface area contributed by atoms with Crippen LogP contribution in [0.25, 0.3) is 0 Å². The standard InChI is InChI=1S/C10H16S2/c1-2-7-12-10(5-1)9-4-3-6-11-8-9/h9-10H,1-4,6-8H2. The third kappa shape index (κ3) is 2.35. The number of hydrogen-bond acceptors (Lipinski definition) is 2. The summed E-state index contributed by atoms with van der Waals surface area (Å²) in [6.45, 7) is 0. The highest BCUT2D eigenvalue weighted by Gasteiger charge is 2.26. The van der Waals surface area contributed by atoms with Crippen LogP contribution in [-0.4, -0.2) is 22.5 Å². The van der Waals surface area contributed by atoms with Gasteiger partial charge in [-0.15, -0.1) is 0 Å². The smallest absolute Gasteiger partial charge is 0.0151 e. The molecule has 0 aromatic rings. The van der Waals surface area contributed by atoms with E-state index < -0.39 is 0 Å². The molecule has 0 amide bonds. The minimum Gasteiger partial charge on any atom is -0.162 e. The average Bonchev–Trinajstić information content (AvgIpc) is 2.21. The van der Waals surface area contributed by atoms with Crippen molar-refractivity contribution < 1.29 is 0 Å². The van der Waals surface area contributed by atoms with Gasteiger partial charge in [-0.25, -0.2) is 0 Å². The summed E-state index contributed by atoms with van der Waals surface area (Å²) < 4.78 is 0. The summed E-state index contributed by atoms with van der Waals surface area (Å²) in [5.74, 6) is 5.12. The molecule has 0 saturated carbocycles. The van der Waals surface area contributed by atoms with Crippen LogP contribution in [0.4, 0.5) is 0 Å². The minimum absolute atomic E-state index is 0.784. The molecule has 2 fully saturated rings. The summed E-state index contributed by atoms with van der Waals surface area (Å²) in [7, 11) is 0. The topological polar surface area (TPSA) is 0 Å². The van der Waals surface area contributed by atoms with Crippen molar-refractivity contribution >= 4 is 23.5 Å². The van der Waals surface area contributed by atoms with E-state index in [0.717, 1.165) is 11.2 Å². The summed E-state index contributed by atoms with van der Waals surface area (Å²) in [4.78, 5) is 0. The van der Waals surface area contributed by atoms with Gasteiger partial charge in [-0.2, -0.15) is 23.5 Å². The lowest BCUT2D eigenvalue weighted by Gasteiger charge is -2.31. The van der Waals surface area contributed by atoms with Gasteiger partial charge in [0.05, 0.1) is 0 Å². The molecule has 12 heavy (non-hydrogen) atoms. The fourth-order valence-corrected chi connectivity index (χ4v) is 4.52. The van der Waals surface area contributed by atoms with Gasteiger partial charge in [0.1, 0.15) is 0 Å². The second-order valence-corrected chi connectivity index (χ2v) is 5.98. The Bertz CT molecular complexity index is 108. The van der Waals surface area contributed by atoms with Gasteiger partial charge in [0.15, 0.2) is 0 Å². The van der Waals surface area contributed by atoms with E-state index in [0.29, 0.717) is 0 Å². The van der Waals surface area contributed by atoms with Crippen molar-refractivity contribution in [3.05, 3.63) is 6.42 Å². The third-order valence-electron chi connectivity index (χ3n) is 2.59. The van der Waals surface area contributed by atoms with Gasteiger partial charge in [-0.1, -0.05) is 0 Å². The maximum atomic E-state index is 3.64. The van der Waals surface area contributed by atoms with E-state index in [4.69, 9.17) is 0 Å². The van der Waals surface area contributed by atoms with Gasteiger partial charge >= 0.3 is 0 Å². The van der Waals surface area contributed by atoms with Gasteiger partial charge in [0.25, 0.3) is 0 Å². The Balaban J connectivity index is 1.80. The maximum absolute atomic E-state index is 3.64. The van der Waals surface area contributed by atoms with E-state index in [9.17, 15) is 0 Å². The van der Waals surface area contributed by atoms with Crippen LogP contribution >= 0.6 is 23.5 Å². The molecule has 68 valence electrons. The molecule has 2 rings (SSSR count). The second-order valence-electron chi connectivity index (χ2n) is 3.58. The molecule has 0 nitrogen and oxygen atoms in total. The van der Waals surface area contributed by atoms with Crippen LogP contribution in [0.3, 0.4) is 0 Å². The molecular weight excluding hydrogens is 184 g/mol. The summed E-state index contributed by atoms with van der Waals surface area (Å²) in [6, 6.07) is 0. The predicted octanol–water partition coefficient (Wildman–Crippen LogP) is 3.11. The average molecular weight is 200 g/mol. The Labute approximate surface area is 84.3 Å². The molecule has 0 aromatic heterocycles. The fourth-order valence-electron chi connectivity index (χ4n) is 1.89. The first-order valence-electron chi connectivity index (χ1n) is 4.89. The number of rotatable bonds is 1. The van der Waals surface area contributed by atoms with Crippen molar-refractivity contribution in [3.8, 4) is 0 Å². The monoisotopic (exact) mass is 200 g/mol. The van der Waals surface area contributed by atoms with Crippen molar-refractivity contribution in [1.82, 2.24) is 0 Å². The van der Waals surface area contributed by atoms with Crippen LogP contribution in [-0.2, 0) is 0 Å². The fraction of sp³-hybridized carbons (Fsp3) is 0.900. The molecule has 2 saturated heterocycles. The van der Waals surface area contributed by atoms with Gasteiger partial charge in [0.2, 0.25) is 0 Å². The normalized spacial score (nSPS) is 38.0. The highest BCUT2D eigenvalue weighted by atomic mass is 32.2. The van der Waals surface area contributed by atoms with E-state index >= 15 is 0 Å². The molecule has 0 aliphatic carbocycles. The number of hydrogen-bond donors (Lipinski definition) is 0. The van der Waals surface area contributed by atoms with Crippen molar-refractivity contribution in [2.24, 2.45) is 5.92 Å². The SMILES string of the molecule is [C]1CCCSC1C1CCCSC1. The van der Waals surface area contributed by atoms with E-state index in [1.54, 1.807) is 0 Å².